The molecule has 0 fully saturated rings. The van der Waals surface area contributed by atoms with Gasteiger partial charge in [-0.05, 0) is 6.07 Å². The van der Waals surface area contributed by atoms with E-state index in [-0.39, 0.29) is 6.54 Å². The normalized spacial score (nSPS) is 12.6. The van der Waals surface area contributed by atoms with Crippen LogP contribution in [0.25, 0.3) is 0 Å². The molecule has 0 saturated carbocycles. The van der Waals surface area contributed by atoms with Crippen molar-refractivity contribution >= 4 is 5.82 Å². The lowest BCUT2D eigenvalue weighted by Gasteiger charge is -2.07. The van der Waals surface area contributed by atoms with E-state index in [0.717, 1.165) is 11.4 Å². The summed E-state index contributed by atoms with van der Waals surface area (Å²) in [5.74, 6) is 0.781. The van der Waals surface area contributed by atoms with Crippen molar-refractivity contribution in [3.63, 3.8) is 0 Å². The number of aliphatic hydroxyl groups is 1. The number of nitrogens with one attached hydrogen (secondary N) is 1. The first-order valence-electron chi connectivity index (χ1n) is 3.79. The second-order valence-corrected chi connectivity index (χ2v) is 2.48. The van der Waals surface area contributed by atoms with E-state index in [1.54, 1.807) is 25.4 Å². The van der Waals surface area contributed by atoms with Crippen LogP contribution in [0.4, 0.5) is 5.82 Å². The molecule has 4 heteroatoms. The maximum Gasteiger partial charge on any atom is 0.125 e. The van der Waals surface area contributed by atoms with Crippen LogP contribution in [0.3, 0.4) is 0 Å². The van der Waals surface area contributed by atoms with Crippen LogP contribution in [0.5, 0.6) is 0 Å². The molecule has 4 N–H and O–H groups in total. The monoisotopic (exact) mass is 167 g/mol. The first-order chi connectivity index (χ1) is 5.77. The lowest BCUT2D eigenvalue weighted by Crippen LogP contribution is -2.11. The summed E-state index contributed by atoms with van der Waals surface area (Å²) in [6, 6.07) is 3.60. The van der Waals surface area contributed by atoms with Gasteiger partial charge in [-0.3, -0.25) is 0 Å². The average Bonchev–Trinajstić information content (AvgIpc) is 2.17. The number of pyridine rings is 1. The van der Waals surface area contributed by atoms with Crippen molar-refractivity contribution in [2.24, 2.45) is 5.73 Å². The van der Waals surface area contributed by atoms with Crippen molar-refractivity contribution in [1.29, 1.82) is 0 Å². The SMILES string of the molecule is CNc1ccc(C(O)CN)cn1. The topological polar surface area (TPSA) is 71.2 Å². The molecule has 0 radical (unpaired) electrons. The van der Waals surface area contributed by atoms with Crippen molar-refractivity contribution in [2.75, 3.05) is 18.9 Å². The molecular formula is C8H13N3O. The summed E-state index contributed by atoms with van der Waals surface area (Å²) in [5, 5.41) is 12.2. The molecule has 0 aliphatic carbocycles. The molecule has 0 aliphatic heterocycles. The zero-order valence-corrected chi connectivity index (χ0v) is 6.99. The van der Waals surface area contributed by atoms with E-state index in [1.807, 2.05) is 0 Å². The van der Waals surface area contributed by atoms with Gasteiger partial charge in [0.1, 0.15) is 5.82 Å². The number of nitrogens with zero attached hydrogens (tertiary/aromatic N) is 1. The summed E-state index contributed by atoms with van der Waals surface area (Å²) in [7, 11) is 1.79. The molecule has 0 amide bonds. The second-order valence-electron chi connectivity index (χ2n) is 2.48. The molecule has 0 saturated heterocycles. The fourth-order valence-electron chi connectivity index (χ4n) is 0.886. The molecular weight excluding hydrogens is 154 g/mol. The summed E-state index contributed by atoms with van der Waals surface area (Å²) in [6.45, 7) is 0.223. The number of rotatable bonds is 3. The number of aromatic nitrogens is 1. The smallest absolute Gasteiger partial charge is 0.125 e. The highest BCUT2D eigenvalue weighted by Crippen LogP contribution is 2.11. The highest BCUT2D eigenvalue weighted by Gasteiger charge is 2.03. The molecule has 1 rings (SSSR count). The van der Waals surface area contributed by atoms with Crippen LogP contribution in [0.2, 0.25) is 0 Å². The molecule has 0 aliphatic rings. The Kier molecular flexibility index (Phi) is 3.01. The predicted octanol–water partition coefficient (Wildman–Crippen LogP) is 0.115. The molecule has 0 bridgehead atoms. The third kappa shape index (κ3) is 1.93. The highest BCUT2D eigenvalue weighted by molar-refractivity contribution is 5.34. The van der Waals surface area contributed by atoms with Crippen molar-refractivity contribution in [1.82, 2.24) is 4.98 Å². The van der Waals surface area contributed by atoms with E-state index in [1.165, 1.54) is 0 Å². The van der Waals surface area contributed by atoms with Gasteiger partial charge in [-0.2, -0.15) is 0 Å². The van der Waals surface area contributed by atoms with Crippen LogP contribution in [0.15, 0.2) is 18.3 Å². The molecule has 0 spiro atoms. The molecule has 1 aromatic rings. The lowest BCUT2D eigenvalue weighted by molar-refractivity contribution is 0.186. The Hall–Kier alpha value is -1.13. The van der Waals surface area contributed by atoms with E-state index in [0.29, 0.717) is 0 Å². The Morgan fingerprint density at radius 3 is 2.83 bits per heavy atom. The molecule has 4 nitrogen and oxygen atoms in total. The molecule has 12 heavy (non-hydrogen) atoms. The Bertz CT molecular complexity index is 235. The summed E-state index contributed by atoms with van der Waals surface area (Å²) < 4.78 is 0. The third-order valence-electron chi connectivity index (χ3n) is 1.65. The van der Waals surface area contributed by atoms with Crippen molar-refractivity contribution in [2.45, 2.75) is 6.10 Å². The Labute approximate surface area is 71.4 Å². The van der Waals surface area contributed by atoms with Crippen LogP contribution in [-0.2, 0) is 0 Å². The lowest BCUT2D eigenvalue weighted by atomic mass is 10.2. The molecule has 1 aromatic heterocycles. The summed E-state index contributed by atoms with van der Waals surface area (Å²) in [6.07, 6.45) is 1.01. The van der Waals surface area contributed by atoms with Gasteiger partial charge >= 0.3 is 0 Å². The second kappa shape index (κ2) is 4.04. The summed E-state index contributed by atoms with van der Waals surface area (Å²) >= 11 is 0. The zero-order valence-electron chi connectivity index (χ0n) is 6.99. The fraction of sp³-hybridized carbons (Fsp3) is 0.375. The summed E-state index contributed by atoms with van der Waals surface area (Å²) in [5.41, 5.74) is 6.03. The highest BCUT2D eigenvalue weighted by atomic mass is 16.3. The average molecular weight is 167 g/mol. The van der Waals surface area contributed by atoms with E-state index in [2.05, 4.69) is 10.3 Å². The molecule has 1 unspecified atom stereocenters. The van der Waals surface area contributed by atoms with Gasteiger partial charge in [-0.15, -0.1) is 0 Å². The largest absolute Gasteiger partial charge is 0.387 e. The standard InChI is InChI=1S/C8H13N3O/c1-10-8-3-2-6(5-11-8)7(12)4-9/h2-3,5,7,12H,4,9H2,1H3,(H,10,11). The first-order valence-corrected chi connectivity index (χ1v) is 3.79. The zero-order chi connectivity index (χ0) is 8.97. The third-order valence-corrected chi connectivity index (χ3v) is 1.65. The Morgan fingerprint density at radius 2 is 2.42 bits per heavy atom. The van der Waals surface area contributed by atoms with Gasteiger partial charge in [-0.25, -0.2) is 4.98 Å². The fourth-order valence-corrected chi connectivity index (χ4v) is 0.886. The van der Waals surface area contributed by atoms with Gasteiger partial charge in [0.25, 0.3) is 0 Å². The number of hydrogen-bond donors (Lipinski definition) is 3. The van der Waals surface area contributed by atoms with Gasteiger partial charge in [0.05, 0.1) is 6.10 Å². The van der Waals surface area contributed by atoms with Crippen molar-refractivity contribution < 1.29 is 5.11 Å². The molecule has 0 aromatic carbocycles. The minimum Gasteiger partial charge on any atom is -0.387 e. The van der Waals surface area contributed by atoms with E-state index in [4.69, 9.17) is 5.73 Å². The Balaban J connectivity index is 2.77. The van der Waals surface area contributed by atoms with Gasteiger partial charge in [0, 0.05) is 25.4 Å². The van der Waals surface area contributed by atoms with Crippen LogP contribution >= 0.6 is 0 Å². The van der Waals surface area contributed by atoms with Crippen molar-refractivity contribution in [3.8, 4) is 0 Å². The van der Waals surface area contributed by atoms with Crippen LogP contribution in [0, 0.1) is 0 Å². The van der Waals surface area contributed by atoms with E-state index >= 15 is 0 Å². The van der Waals surface area contributed by atoms with Gasteiger partial charge in [0.2, 0.25) is 0 Å². The number of nitrogens with two attached hydrogens (primary N) is 1. The van der Waals surface area contributed by atoms with E-state index < -0.39 is 6.10 Å². The van der Waals surface area contributed by atoms with Gasteiger partial charge in [-0.1, -0.05) is 6.07 Å². The predicted molar refractivity (Wildman–Crippen MR) is 47.8 cm³/mol. The molecule has 66 valence electrons. The maximum atomic E-state index is 9.31. The van der Waals surface area contributed by atoms with Crippen LogP contribution in [-0.4, -0.2) is 23.7 Å². The van der Waals surface area contributed by atoms with Crippen LogP contribution < -0.4 is 11.1 Å². The first kappa shape index (κ1) is 8.96. The minimum absolute atomic E-state index is 0.223. The molecule has 1 atom stereocenters. The quantitative estimate of drug-likeness (QED) is 0.597. The maximum absolute atomic E-state index is 9.31. The Morgan fingerprint density at radius 1 is 1.67 bits per heavy atom. The van der Waals surface area contributed by atoms with Gasteiger partial charge in [0.15, 0.2) is 0 Å². The van der Waals surface area contributed by atoms with Crippen LogP contribution in [0.1, 0.15) is 11.7 Å². The molecule has 1 heterocycles. The van der Waals surface area contributed by atoms with Crippen molar-refractivity contribution in [3.05, 3.63) is 23.9 Å². The summed E-state index contributed by atoms with van der Waals surface area (Å²) in [4.78, 5) is 4.04. The minimum atomic E-state index is -0.608. The van der Waals surface area contributed by atoms with Gasteiger partial charge < -0.3 is 16.2 Å². The number of hydrogen-bond acceptors (Lipinski definition) is 4. The number of aliphatic hydroxyl groups excluding tert-OH is 1. The number of anilines is 1. The van der Waals surface area contributed by atoms with E-state index in [9.17, 15) is 5.11 Å².